The number of nitrogens with zero attached hydrogens (tertiary/aromatic N) is 1. The van der Waals surface area contributed by atoms with Crippen LogP contribution >= 0.6 is 0 Å². The van der Waals surface area contributed by atoms with E-state index < -0.39 is 0 Å². The molecule has 0 fully saturated rings. The summed E-state index contributed by atoms with van der Waals surface area (Å²) in [7, 11) is 0. The molecule has 0 aliphatic rings. The highest BCUT2D eigenvalue weighted by Crippen LogP contribution is 2.20. The number of aromatic nitrogens is 1. The molecule has 1 heterocycles. The fourth-order valence-corrected chi connectivity index (χ4v) is 2.15. The van der Waals surface area contributed by atoms with E-state index in [2.05, 4.69) is 10.3 Å². The Balaban J connectivity index is 1.86. The van der Waals surface area contributed by atoms with Crippen LogP contribution in [-0.2, 0) is 0 Å². The quantitative estimate of drug-likeness (QED) is 0.724. The van der Waals surface area contributed by atoms with Crippen molar-refractivity contribution in [2.45, 2.75) is 0 Å². The largest absolute Gasteiger partial charge is 0.399 e. The van der Waals surface area contributed by atoms with Gasteiger partial charge in [-0.05, 0) is 36.4 Å². The zero-order valence-electron chi connectivity index (χ0n) is 11.9. The first-order chi connectivity index (χ1) is 10.7. The van der Waals surface area contributed by atoms with Crippen molar-refractivity contribution < 1.29 is 4.79 Å². The summed E-state index contributed by atoms with van der Waals surface area (Å²) in [5.41, 5.74) is 9.36. The fraction of sp³-hybridized carbons (Fsp3) is 0. The lowest BCUT2D eigenvalue weighted by molar-refractivity contribution is 0.102. The third-order valence-corrected chi connectivity index (χ3v) is 3.24. The van der Waals surface area contributed by atoms with E-state index in [4.69, 9.17) is 5.73 Å². The Kier molecular flexibility index (Phi) is 3.83. The number of hydrogen-bond acceptors (Lipinski definition) is 3. The molecule has 1 aromatic heterocycles. The number of nitrogen functional groups attached to an aromatic ring is 1. The summed E-state index contributed by atoms with van der Waals surface area (Å²) in [4.78, 5) is 16.6. The Morgan fingerprint density at radius 3 is 2.55 bits per heavy atom. The van der Waals surface area contributed by atoms with Gasteiger partial charge in [0.15, 0.2) is 0 Å². The van der Waals surface area contributed by atoms with Crippen LogP contribution in [0.4, 0.5) is 11.4 Å². The normalized spacial score (nSPS) is 10.2. The topological polar surface area (TPSA) is 68.0 Å². The second kappa shape index (κ2) is 6.10. The third kappa shape index (κ3) is 3.12. The minimum atomic E-state index is -0.168. The standard InChI is InChI=1S/C18H15N3O/c19-15-6-4-5-13(11-15)17-12-14(9-10-20-17)18(22)21-16-7-2-1-3-8-16/h1-12H,19H2,(H,21,22). The average Bonchev–Trinajstić information content (AvgIpc) is 2.56. The molecule has 0 aliphatic carbocycles. The number of rotatable bonds is 3. The Bertz CT molecular complexity index is 800. The number of carbonyl (C=O) groups is 1. The molecule has 0 saturated carbocycles. The van der Waals surface area contributed by atoms with Crippen LogP contribution in [0.5, 0.6) is 0 Å². The molecule has 0 saturated heterocycles. The minimum Gasteiger partial charge on any atom is -0.399 e. The molecule has 0 spiro atoms. The number of hydrogen-bond donors (Lipinski definition) is 2. The van der Waals surface area contributed by atoms with Crippen molar-refractivity contribution in [3.05, 3.63) is 78.5 Å². The van der Waals surface area contributed by atoms with E-state index in [-0.39, 0.29) is 5.91 Å². The molecule has 3 aromatic rings. The van der Waals surface area contributed by atoms with Crippen LogP contribution in [0, 0.1) is 0 Å². The van der Waals surface area contributed by atoms with Crippen molar-refractivity contribution >= 4 is 17.3 Å². The Labute approximate surface area is 128 Å². The molecule has 4 nitrogen and oxygen atoms in total. The molecule has 22 heavy (non-hydrogen) atoms. The van der Waals surface area contributed by atoms with Crippen molar-refractivity contribution in [2.24, 2.45) is 0 Å². The Morgan fingerprint density at radius 2 is 1.77 bits per heavy atom. The summed E-state index contributed by atoms with van der Waals surface area (Å²) < 4.78 is 0. The van der Waals surface area contributed by atoms with E-state index in [0.717, 1.165) is 11.3 Å². The van der Waals surface area contributed by atoms with Crippen LogP contribution in [0.1, 0.15) is 10.4 Å². The van der Waals surface area contributed by atoms with Gasteiger partial charge < -0.3 is 11.1 Å². The highest BCUT2D eigenvalue weighted by Gasteiger charge is 2.08. The van der Waals surface area contributed by atoms with Gasteiger partial charge in [-0.3, -0.25) is 9.78 Å². The second-order valence-corrected chi connectivity index (χ2v) is 4.88. The predicted molar refractivity (Wildman–Crippen MR) is 88.5 cm³/mol. The number of nitrogens with one attached hydrogen (secondary N) is 1. The number of nitrogens with two attached hydrogens (primary N) is 1. The third-order valence-electron chi connectivity index (χ3n) is 3.24. The first-order valence-corrected chi connectivity index (χ1v) is 6.91. The van der Waals surface area contributed by atoms with Crippen molar-refractivity contribution in [1.82, 2.24) is 4.98 Å². The zero-order valence-corrected chi connectivity index (χ0v) is 11.9. The van der Waals surface area contributed by atoms with E-state index in [1.807, 2.05) is 54.6 Å². The minimum absolute atomic E-state index is 0.168. The van der Waals surface area contributed by atoms with Crippen LogP contribution in [0.25, 0.3) is 11.3 Å². The maximum atomic E-state index is 12.3. The van der Waals surface area contributed by atoms with Crippen LogP contribution in [0.2, 0.25) is 0 Å². The van der Waals surface area contributed by atoms with Gasteiger partial charge in [-0.2, -0.15) is 0 Å². The summed E-state index contributed by atoms with van der Waals surface area (Å²) in [6.07, 6.45) is 1.62. The first kappa shape index (κ1) is 13.8. The fourth-order valence-electron chi connectivity index (χ4n) is 2.15. The molecule has 3 rings (SSSR count). The molecule has 2 aromatic carbocycles. The molecule has 0 unspecified atom stereocenters. The van der Waals surface area contributed by atoms with Crippen molar-refractivity contribution in [1.29, 1.82) is 0 Å². The van der Waals surface area contributed by atoms with Gasteiger partial charge in [-0.25, -0.2) is 0 Å². The molecule has 1 amide bonds. The second-order valence-electron chi connectivity index (χ2n) is 4.88. The Hall–Kier alpha value is -3.14. The molecule has 4 heteroatoms. The molecule has 108 valence electrons. The lowest BCUT2D eigenvalue weighted by Gasteiger charge is -2.07. The van der Waals surface area contributed by atoms with E-state index in [0.29, 0.717) is 16.9 Å². The smallest absolute Gasteiger partial charge is 0.255 e. The van der Waals surface area contributed by atoms with E-state index >= 15 is 0 Å². The highest BCUT2D eigenvalue weighted by molar-refractivity contribution is 6.04. The SMILES string of the molecule is Nc1cccc(-c2cc(C(=O)Nc3ccccc3)ccn2)c1. The van der Waals surface area contributed by atoms with E-state index in [1.54, 1.807) is 18.3 Å². The van der Waals surface area contributed by atoms with Crippen molar-refractivity contribution in [3.63, 3.8) is 0 Å². The van der Waals surface area contributed by atoms with Crippen LogP contribution in [-0.4, -0.2) is 10.9 Å². The maximum Gasteiger partial charge on any atom is 0.255 e. The van der Waals surface area contributed by atoms with Gasteiger partial charge in [0.05, 0.1) is 5.69 Å². The molecular formula is C18H15N3O. The average molecular weight is 289 g/mol. The van der Waals surface area contributed by atoms with Crippen molar-refractivity contribution in [3.8, 4) is 11.3 Å². The van der Waals surface area contributed by atoms with Gasteiger partial charge >= 0.3 is 0 Å². The maximum absolute atomic E-state index is 12.3. The number of amides is 1. The monoisotopic (exact) mass is 289 g/mol. The lowest BCUT2D eigenvalue weighted by atomic mass is 10.1. The van der Waals surface area contributed by atoms with Crippen LogP contribution < -0.4 is 11.1 Å². The molecule has 0 aliphatic heterocycles. The molecular weight excluding hydrogens is 274 g/mol. The van der Waals surface area contributed by atoms with Gasteiger partial charge in [0, 0.05) is 28.7 Å². The summed E-state index contributed by atoms with van der Waals surface area (Å²) in [5.74, 6) is -0.168. The number of pyridine rings is 1. The molecule has 3 N–H and O–H groups in total. The van der Waals surface area contributed by atoms with Crippen LogP contribution in [0.15, 0.2) is 72.9 Å². The molecule has 0 bridgehead atoms. The Morgan fingerprint density at radius 1 is 0.955 bits per heavy atom. The van der Waals surface area contributed by atoms with Gasteiger partial charge in [0.25, 0.3) is 5.91 Å². The molecule has 0 radical (unpaired) electrons. The van der Waals surface area contributed by atoms with Gasteiger partial charge in [-0.1, -0.05) is 30.3 Å². The van der Waals surface area contributed by atoms with Gasteiger partial charge in [0.1, 0.15) is 0 Å². The highest BCUT2D eigenvalue weighted by atomic mass is 16.1. The number of carbonyl (C=O) groups excluding carboxylic acids is 1. The van der Waals surface area contributed by atoms with E-state index in [1.165, 1.54) is 0 Å². The zero-order chi connectivity index (χ0) is 15.4. The summed E-state index contributed by atoms with van der Waals surface area (Å²) in [6.45, 7) is 0. The summed E-state index contributed by atoms with van der Waals surface area (Å²) in [5, 5.41) is 2.86. The predicted octanol–water partition coefficient (Wildman–Crippen LogP) is 3.58. The van der Waals surface area contributed by atoms with Gasteiger partial charge in [0.2, 0.25) is 0 Å². The lowest BCUT2D eigenvalue weighted by Crippen LogP contribution is -2.12. The number of para-hydroxylation sites is 1. The summed E-state index contributed by atoms with van der Waals surface area (Å²) in [6, 6.07) is 20.2. The number of benzene rings is 2. The van der Waals surface area contributed by atoms with E-state index in [9.17, 15) is 4.79 Å². The van der Waals surface area contributed by atoms with Crippen molar-refractivity contribution in [2.75, 3.05) is 11.1 Å². The summed E-state index contributed by atoms with van der Waals surface area (Å²) >= 11 is 0. The first-order valence-electron chi connectivity index (χ1n) is 6.91. The number of anilines is 2. The molecule has 0 atom stereocenters. The van der Waals surface area contributed by atoms with Gasteiger partial charge in [-0.15, -0.1) is 0 Å². The van der Waals surface area contributed by atoms with Crippen LogP contribution in [0.3, 0.4) is 0 Å².